The fraction of sp³-hybridized carbons (Fsp3) is 0.529. The van der Waals surface area contributed by atoms with E-state index in [1.165, 1.54) is 0 Å². The Morgan fingerprint density at radius 1 is 1.00 bits per heavy atom. The summed E-state index contributed by atoms with van der Waals surface area (Å²) in [4.78, 5) is 25.7. The van der Waals surface area contributed by atoms with Gasteiger partial charge in [-0.1, -0.05) is 30.3 Å². The third-order valence-corrected chi connectivity index (χ3v) is 7.22. The van der Waals surface area contributed by atoms with Gasteiger partial charge < -0.3 is 0 Å². The Bertz CT molecular complexity index is 661. The van der Waals surface area contributed by atoms with Crippen molar-refractivity contribution in [2.24, 2.45) is 41.4 Å². The van der Waals surface area contributed by atoms with E-state index in [0.717, 1.165) is 12.0 Å². The van der Waals surface area contributed by atoms with E-state index in [1.54, 1.807) is 0 Å². The normalized spacial score (nSPS) is 58.2. The van der Waals surface area contributed by atoms with Crippen LogP contribution in [0.4, 0.5) is 0 Å². The lowest BCUT2D eigenvalue weighted by atomic mass is 9.46. The van der Waals surface area contributed by atoms with Gasteiger partial charge >= 0.3 is 0 Å². The first-order valence-electron chi connectivity index (χ1n) is 7.41. The molecule has 8 unspecified atom stereocenters. The molecule has 5 fully saturated rings. The quantitative estimate of drug-likeness (QED) is 0.762. The van der Waals surface area contributed by atoms with Gasteiger partial charge in [0.15, 0.2) is 0 Å². The van der Waals surface area contributed by atoms with Gasteiger partial charge in [-0.2, -0.15) is 0 Å². The predicted molar refractivity (Wildman–Crippen MR) is 67.2 cm³/mol. The van der Waals surface area contributed by atoms with Crippen LogP contribution in [0.2, 0.25) is 0 Å². The van der Waals surface area contributed by atoms with Crippen molar-refractivity contribution in [3.05, 3.63) is 35.9 Å². The molecule has 19 heavy (non-hydrogen) atoms. The third kappa shape index (κ3) is 0.631. The molecule has 0 saturated heterocycles. The van der Waals surface area contributed by atoms with Crippen molar-refractivity contribution < 1.29 is 9.59 Å². The van der Waals surface area contributed by atoms with Crippen molar-refractivity contribution >= 4 is 11.6 Å². The molecule has 0 N–H and O–H groups in total. The second kappa shape index (κ2) is 2.44. The number of fused-ring (bicyclic) bond motifs is 2. The highest BCUT2D eigenvalue weighted by Crippen LogP contribution is 2.84. The number of benzene rings is 1. The summed E-state index contributed by atoms with van der Waals surface area (Å²) in [5.41, 5.74) is 0.744. The van der Waals surface area contributed by atoms with E-state index in [1.807, 2.05) is 18.2 Å². The van der Waals surface area contributed by atoms with Crippen molar-refractivity contribution in [3.8, 4) is 0 Å². The topological polar surface area (TPSA) is 34.1 Å². The van der Waals surface area contributed by atoms with Crippen LogP contribution in [0.3, 0.4) is 0 Å². The summed E-state index contributed by atoms with van der Waals surface area (Å²) in [6.45, 7) is 0. The van der Waals surface area contributed by atoms with Crippen molar-refractivity contribution in [1.82, 2.24) is 0 Å². The Balaban J connectivity index is 1.69. The summed E-state index contributed by atoms with van der Waals surface area (Å²) < 4.78 is 0. The van der Waals surface area contributed by atoms with Gasteiger partial charge in [-0.05, 0) is 35.7 Å². The van der Waals surface area contributed by atoms with Gasteiger partial charge in [-0.3, -0.25) is 9.59 Å². The minimum absolute atomic E-state index is 0.0474. The van der Waals surface area contributed by atoms with Gasteiger partial charge in [0.05, 0.1) is 5.41 Å². The van der Waals surface area contributed by atoms with Crippen LogP contribution < -0.4 is 0 Å². The number of ketones is 2. The molecule has 0 heterocycles. The van der Waals surface area contributed by atoms with Crippen molar-refractivity contribution in [2.75, 3.05) is 0 Å². The molecule has 94 valence electrons. The molecule has 5 aliphatic carbocycles. The van der Waals surface area contributed by atoms with Crippen molar-refractivity contribution in [3.63, 3.8) is 0 Å². The van der Waals surface area contributed by atoms with E-state index in [4.69, 9.17) is 0 Å². The molecule has 6 rings (SSSR count). The molecule has 5 saturated carbocycles. The summed E-state index contributed by atoms with van der Waals surface area (Å²) in [5, 5.41) is 0. The van der Waals surface area contributed by atoms with Gasteiger partial charge in [0.1, 0.15) is 11.6 Å². The van der Waals surface area contributed by atoms with E-state index >= 15 is 0 Å². The summed E-state index contributed by atoms with van der Waals surface area (Å²) in [6.07, 6.45) is 1.16. The Labute approximate surface area is 111 Å². The summed E-state index contributed by atoms with van der Waals surface area (Å²) in [6, 6.07) is 10.2. The highest BCUT2D eigenvalue weighted by Gasteiger charge is 2.90. The van der Waals surface area contributed by atoms with E-state index < -0.39 is 0 Å². The van der Waals surface area contributed by atoms with Crippen LogP contribution in [-0.2, 0) is 15.0 Å². The van der Waals surface area contributed by atoms with Crippen molar-refractivity contribution in [2.45, 2.75) is 11.8 Å². The first-order chi connectivity index (χ1) is 9.28. The molecular formula is C17H14O2. The summed E-state index contributed by atoms with van der Waals surface area (Å²) in [7, 11) is 0. The molecule has 2 heteroatoms. The molecule has 1 aromatic rings. The maximum absolute atomic E-state index is 13.0. The number of hydrogen-bond donors (Lipinski definition) is 0. The van der Waals surface area contributed by atoms with Crippen LogP contribution in [0, 0.1) is 41.4 Å². The highest BCUT2D eigenvalue weighted by molar-refractivity contribution is 6.12. The highest BCUT2D eigenvalue weighted by atomic mass is 16.1. The second-order valence-corrected chi connectivity index (χ2v) is 7.20. The van der Waals surface area contributed by atoms with E-state index in [0.29, 0.717) is 35.2 Å². The molecule has 0 aliphatic heterocycles. The first-order valence-corrected chi connectivity index (χ1v) is 7.41. The fourth-order valence-corrected chi connectivity index (χ4v) is 7.13. The Morgan fingerprint density at radius 2 is 1.79 bits per heavy atom. The van der Waals surface area contributed by atoms with E-state index in [9.17, 15) is 9.59 Å². The minimum atomic E-state index is -0.389. The van der Waals surface area contributed by atoms with Crippen molar-refractivity contribution in [1.29, 1.82) is 0 Å². The molecule has 2 nitrogen and oxygen atoms in total. The molecule has 0 spiro atoms. The number of hydrogen-bond acceptors (Lipinski definition) is 2. The molecule has 8 atom stereocenters. The monoisotopic (exact) mass is 250 g/mol. The molecular weight excluding hydrogens is 236 g/mol. The third-order valence-electron chi connectivity index (χ3n) is 7.22. The Morgan fingerprint density at radius 3 is 2.58 bits per heavy atom. The Hall–Kier alpha value is -1.44. The van der Waals surface area contributed by atoms with Gasteiger partial charge in [0.25, 0.3) is 0 Å². The summed E-state index contributed by atoms with van der Waals surface area (Å²) >= 11 is 0. The van der Waals surface area contributed by atoms with Crippen LogP contribution in [0.15, 0.2) is 30.3 Å². The molecule has 1 aromatic carbocycles. The molecule has 2 bridgehead atoms. The largest absolute Gasteiger partial charge is 0.299 e. The standard InChI is InChI=1S/C17H14O2/c18-15-10-8-6-9-11(10)16(19)17(7-4-2-1-3-5-7)13(9)12(8)14(15)17/h1-5,8-14H,6H2. The van der Waals surface area contributed by atoms with Crippen LogP contribution >= 0.6 is 0 Å². The van der Waals surface area contributed by atoms with Crippen LogP contribution in [0.25, 0.3) is 0 Å². The number of Topliss-reactive ketones (excluding diaryl/α,β-unsaturated/α-hetero) is 2. The van der Waals surface area contributed by atoms with Gasteiger partial charge in [0, 0.05) is 17.8 Å². The number of carbonyl (C=O) groups is 2. The SMILES string of the molecule is O=C1C2C3CC4C2C(=O)C2(c5ccccc5)C1C3C42. The zero-order chi connectivity index (χ0) is 12.5. The van der Waals surface area contributed by atoms with Crippen LogP contribution in [0.5, 0.6) is 0 Å². The molecule has 5 aliphatic rings. The van der Waals surface area contributed by atoms with Crippen LogP contribution in [-0.4, -0.2) is 11.6 Å². The number of carbonyl (C=O) groups excluding carboxylic acids is 2. The fourth-order valence-electron chi connectivity index (χ4n) is 7.13. The lowest BCUT2D eigenvalue weighted by Crippen LogP contribution is -2.62. The zero-order valence-electron chi connectivity index (χ0n) is 10.5. The average Bonchev–Trinajstić information content (AvgIpc) is 2.94. The van der Waals surface area contributed by atoms with Gasteiger partial charge in [-0.25, -0.2) is 0 Å². The molecule has 0 aromatic heterocycles. The first kappa shape index (κ1) is 9.46. The lowest BCUT2D eigenvalue weighted by Gasteiger charge is -2.54. The predicted octanol–water partition coefficient (Wildman–Crippen LogP) is 1.83. The second-order valence-electron chi connectivity index (χ2n) is 7.20. The maximum Gasteiger partial charge on any atom is 0.148 e. The van der Waals surface area contributed by atoms with Crippen LogP contribution in [0.1, 0.15) is 12.0 Å². The van der Waals surface area contributed by atoms with E-state index in [-0.39, 0.29) is 23.2 Å². The molecule has 0 amide bonds. The van der Waals surface area contributed by atoms with E-state index in [2.05, 4.69) is 12.1 Å². The average molecular weight is 250 g/mol. The van der Waals surface area contributed by atoms with Gasteiger partial charge in [0.2, 0.25) is 0 Å². The minimum Gasteiger partial charge on any atom is -0.299 e. The lowest BCUT2D eigenvalue weighted by molar-refractivity contribution is -0.149. The number of rotatable bonds is 1. The smallest absolute Gasteiger partial charge is 0.148 e. The Kier molecular flexibility index (Phi) is 1.21. The summed E-state index contributed by atoms with van der Waals surface area (Å²) in [5.74, 6) is 3.32. The zero-order valence-corrected chi connectivity index (χ0v) is 10.5. The molecule has 0 radical (unpaired) electrons. The maximum atomic E-state index is 13.0. The van der Waals surface area contributed by atoms with Gasteiger partial charge in [-0.15, -0.1) is 0 Å².